The van der Waals surface area contributed by atoms with Gasteiger partial charge in [-0.25, -0.2) is 0 Å². The van der Waals surface area contributed by atoms with Crippen molar-refractivity contribution in [1.29, 1.82) is 0 Å². The Hall–Kier alpha value is -1.58. The van der Waals surface area contributed by atoms with Gasteiger partial charge in [-0.15, -0.1) is 0 Å². The number of hydrogen-bond acceptors (Lipinski definition) is 3. The molecule has 0 saturated heterocycles. The van der Waals surface area contributed by atoms with Gasteiger partial charge < -0.3 is 5.73 Å². The van der Waals surface area contributed by atoms with Crippen LogP contribution >= 0.6 is 11.6 Å². The zero-order valence-electron chi connectivity index (χ0n) is 13.0. The zero-order valence-corrected chi connectivity index (χ0v) is 13.8. The van der Waals surface area contributed by atoms with Crippen LogP contribution in [0.1, 0.15) is 35.3 Å². The molecule has 0 saturated carbocycles. The Bertz CT molecular complexity index is 623. The summed E-state index contributed by atoms with van der Waals surface area (Å²) in [5.74, 6) is 0. The van der Waals surface area contributed by atoms with Crippen molar-refractivity contribution in [3.63, 3.8) is 0 Å². The van der Waals surface area contributed by atoms with E-state index in [1.807, 2.05) is 32.2 Å². The summed E-state index contributed by atoms with van der Waals surface area (Å²) in [6.45, 7) is 6.96. The van der Waals surface area contributed by atoms with Crippen molar-refractivity contribution < 1.29 is 0 Å². The monoisotopic (exact) mass is 303 g/mol. The predicted molar refractivity (Wildman–Crippen MR) is 89.5 cm³/mol. The Morgan fingerprint density at radius 1 is 1.24 bits per heavy atom. The van der Waals surface area contributed by atoms with E-state index < -0.39 is 0 Å². The number of halogens is 1. The Balaban J connectivity index is 2.16. The summed E-state index contributed by atoms with van der Waals surface area (Å²) in [7, 11) is 2.09. The van der Waals surface area contributed by atoms with Crippen LogP contribution in [0, 0.1) is 13.8 Å². The lowest BCUT2D eigenvalue weighted by atomic mass is 10.1. The summed E-state index contributed by atoms with van der Waals surface area (Å²) in [4.78, 5) is 6.78. The summed E-state index contributed by atoms with van der Waals surface area (Å²) in [6, 6.07) is 8.26. The maximum Gasteiger partial charge on any atom is 0.0593 e. The summed E-state index contributed by atoms with van der Waals surface area (Å²) in [5, 5.41) is 0.762. The van der Waals surface area contributed by atoms with Crippen molar-refractivity contribution in [2.75, 3.05) is 12.8 Å². The molecule has 0 aliphatic rings. The Kier molecular flexibility index (Phi) is 4.86. The molecule has 0 radical (unpaired) electrons. The van der Waals surface area contributed by atoms with Crippen molar-refractivity contribution in [2.45, 2.75) is 33.4 Å². The standard InChI is InChI=1S/C17H22ClN3/c1-11-9-20-16(12(2)17(11)19)10-21(4)13(3)14-5-7-15(18)8-6-14/h5-9,13H,10H2,1-4H3,(H2,19,20). The Labute approximate surface area is 131 Å². The minimum atomic E-state index is 0.283. The van der Waals surface area contributed by atoms with Crippen molar-refractivity contribution in [2.24, 2.45) is 0 Å². The second kappa shape index (κ2) is 6.46. The fourth-order valence-corrected chi connectivity index (χ4v) is 2.45. The van der Waals surface area contributed by atoms with E-state index in [2.05, 4.69) is 36.0 Å². The van der Waals surface area contributed by atoms with Crippen LogP contribution in [-0.2, 0) is 6.54 Å². The van der Waals surface area contributed by atoms with Gasteiger partial charge in [-0.3, -0.25) is 9.88 Å². The van der Waals surface area contributed by atoms with Crippen LogP contribution < -0.4 is 5.73 Å². The molecule has 0 fully saturated rings. The second-order valence-corrected chi connectivity index (χ2v) is 6.01. The molecule has 4 heteroatoms. The average Bonchev–Trinajstić information content (AvgIpc) is 2.48. The topological polar surface area (TPSA) is 42.2 Å². The smallest absolute Gasteiger partial charge is 0.0593 e. The second-order valence-electron chi connectivity index (χ2n) is 5.57. The summed E-state index contributed by atoms with van der Waals surface area (Å²) in [6.07, 6.45) is 1.85. The van der Waals surface area contributed by atoms with Gasteiger partial charge in [0.2, 0.25) is 0 Å². The van der Waals surface area contributed by atoms with Gasteiger partial charge in [0.1, 0.15) is 0 Å². The summed E-state index contributed by atoms with van der Waals surface area (Å²) < 4.78 is 0. The molecule has 0 aliphatic heterocycles. The molecule has 0 spiro atoms. The molecule has 2 rings (SSSR count). The first-order chi connectivity index (χ1) is 9.90. The van der Waals surface area contributed by atoms with Crippen molar-refractivity contribution >= 4 is 17.3 Å². The van der Waals surface area contributed by atoms with Gasteiger partial charge in [0.15, 0.2) is 0 Å². The first kappa shape index (κ1) is 15.8. The highest BCUT2D eigenvalue weighted by Gasteiger charge is 2.15. The quantitative estimate of drug-likeness (QED) is 0.923. The highest BCUT2D eigenvalue weighted by Crippen LogP contribution is 2.24. The van der Waals surface area contributed by atoms with E-state index in [4.69, 9.17) is 17.3 Å². The van der Waals surface area contributed by atoms with E-state index >= 15 is 0 Å². The number of anilines is 1. The van der Waals surface area contributed by atoms with E-state index in [0.29, 0.717) is 0 Å². The van der Waals surface area contributed by atoms with Crippen LogP contribution in [0.5, 0.6) is 0 Å². The summed E-state index contributed by atoms with van der Waals surface area (Å²) in [5.41, 5.74) is 11.3. The number of nitrogen functional groups attached to an aromatic ring is 1. The number of aryl methyl sites for hydroxylation is 1. The minimum Gasteiger partial charge on any atom is -0.398 e. The van der Waals surface area contributed by atoms with E-state index in [1.54, 1.807) is 0 Å². The first-order valence-corrected chi connectivity index (χ1v) is 7.44. The molecular formula is C17H22ClN3. The van der Waals surface area contributed by atoms with Gasteiger partial charge in [0, 0.05) is 29.5 Å². The first-order valence-electron chi connectivity index (χ1n) is 7.06. The van der Waals surface area contributed by atoms with Crippen molar-refractivity contribution in [1.82, 2.24) is 9.88 Å². The molecular weight excluding hydrogens is 282 g/mol. The fourth-order valence-electron chi connectivity index (χ4n) is 2.32. The molecule has 0 amide bonds. The van der Waals surface area contributed by atoms with Crippen LogP contribution in [0.4, 0.5) is 5.69 Å². The average molecular weight is 304 g/mol. The number of hydrogen-bond donors (Lipinski definition) is 1. The molecule has 1 atom stereocenters. The lowest BCUT2D eigenvalue weighted by molar-refractivity contribution is 0.249. The van der Waals surface area contributed by atoms with Crippen LogP contribution in [0.2, 0.25) is 5.02 Å². The SMILES string of the molecule is Cc1cnc(CN(C)C(C)c2ccc(Cl)cc2)c(C)c1N. The molecule has 0 aliphatic carbocycles. The Morgan fingerprint density at radius 2 is 1.86 bits per heavy atom. The minimum absolute atomic E-state index is 0.283. The third-order valence-electron chi connectivity index (χ3n) is 4.09. The zero-order chi connectivity index (χ0) is 15.6. The molecule has 1 aromatic heterocycles. The van der Waals surface area contributed by atoms with E-state index in [9.17, 15) is 0 Å². The molecule has 2 aromatic rings. The third-order valence-corrected chi connectivity index (χ3v) is 4.34. The van der Waals surface area contributed by atoms with Crippen molar-refractivity contribution in [3.05, 3.63) is 57.9 Å². The molecule has 1 unspecified atom stereocenters. The molecule has 1 heterocycles. The van der Waals surface area contributed by atoms with E-state index in [-0.39, 0.29) is 6.04 Å². The highest BCUT2D eigenvalue weighted by molar-refractivity contribution is 6.30. The molecule has 21 heavy (non-hydrogen) atoms. The normalized spacial score (nSPS) is 12.7. The lowest BCUT2D eigenvalue weighted by Crippen LogP contribution is -2.23. The molecule has 1 aromatic carbocycles. The number of benzene rings is 1. The van der Waals surface area contributed by atoms with E-state index in [1.165, 1.54) is 5.56 Å². The maximum atomic E-state index is 6.09. The van der Waals surface area contributed by atoms with Crippen LogP contribution in [0.25, 0.3) is 0 Å². The third kappa shape index (κ3) is 3.55. The summed E-state index contributed by atoms with van der Waals surface area (Å²) >= 11 is 5.94. The number of aromatic nitrogens is 1. The highest BCUT2D eigenvalue weighted by atomic mass is 35.5. The van der Waals surface area contributed by atoms with Gasteiger partial charge in [-0.2, -0.15) is 0 Å². The lowest BCUT2D eigenvalue weighted by Gasteiger charge is -2.25. The molecule has 0 bridgehead atoms. The number of rotatable bonds is 4. The number of pyridine rings is 1. The van der Waals surface area contributed by atoms with E-state index in [0.717, 1.165) is 34.1 Å². The molecule has 3 nitrogen and oxygen atoms in total. The van der Waals surface area contributed by atoms with Gasteiger partial charge in [-0.1, -0.05) is 23.7 Å². The van der Waals surface area contributed by atoms with Gasteiger partial charge in [0.25, 0.3) is 0 Å². The fraction of sp³-hybridized carbons (Fsp3) is 0.353. The van der Waals surface area contributed by atoms with Crippen LogP contribution in [-0.4, -0.2) is 16.9 Å². The maximum absolute atomic E-state index is 6.09. The van der Waals surface area contributed by atoms with Gasteiger partial charge >= 0.3 is 0 Å². The largest absolute Gasteiger partial charge is 0.398 e. The van der Waals surface area contributed by atoms with Crippen molar-refractivity contribution in [3.8, 4) is 0 Å². The van der Waals surface area contributed by atoms with Gasteiger partial charge in [0.05, 0.1) is 5.69 Å². The number of nitrogens with two attached hydrogens (primary N) is 1. The number of nitrogens with zero attached hydrogens (tertiary/aromatic N) is 2. The van der Waals surface area contributed by atoms with Crippen LogP contribution in [0.3, 0.4) is 0 Å². The van der Waals surface area contributed by atoms with Gasteiger partial charge in [-0.05, 0) is 56.6 Å². The molecule has 2 N–H and O–H groups in total. The Morgan fingerprint density at radius 3 is 2.48 bits per heavy atom. The predicted octanol–water partition coefficient (Wildman–Crippen LogP) is 4.13. The van der Waals surface area contributed by atoms with Crippen LogP contribution in [0.15, 0.2) is 30.5 Å². The molecule has 112 valence electrons.